The van der Waals surface area contributed by atoms with E-state index in [9.17, 15) is 8.42 Å². The Labute approximate surface area is 158 Å². The van der Waals surface area contributed by atoms with Gasteiger partial charge in [-0.2, -0.15) is 0 Å². The molecule has 138 valence electrons. The highest BCUT2D eigenvalue weighted by molar-refractivity contribution is 7.92. The first-order chi connectivity index (χ1) is 13.0. The highest BCUT2D eigenvalue weighted by atomic mass is 32.2. The van der Waals surface area contributed by atoms with E-state index in [-0.39, 0.29) is 10.7 Å². The standard InChI is InChI=1S/C20H20N4O2S/c1-15-7-2-5-11-18(15)27(25,26)23-19-12-13-20(22-21-19)24-14-6-9-16-8-3-4-10-17(16)24/h2-5,7-8,10-13H,6,9,14H2,1H3,(H,21,23). The van der Waals surface area contributed by atoms with Gasteiger partial charge in [-0.25, -0.2) is 8.42 Å². The van der Waals surface area contributed by atoms with Crippen LogP contribution in [0.25, 0.3) is 0 Å². The van der Waals surface area contributed by atoms with Crippen LogP contribution in [0.5, 0.6) is 0 Å². The molecule has 0 fully saturated rings. The molecule has 2 aromatic carbocycles. The summed E-state index contributed by atoms with van der Waals surface area (Å²) >= 11 is 0. The number of nitrogens with zero attached hydrogens (tertiary/aromatic N) is 3. The third-order valence-electron chi connectivity index (χ3n) is 4.66. The molecular formula is C20H20N4O2S. The highest BCUT2D eigenvalue weighted by Crippen LogP contribution is 2.32. The molecule has 0 aliphatic carbocycles. The number of nitrogens with one attached hydrogen (secondary N) is 1. The van der Waals surface area contributed by atoms with Crippen LogP contribution in [-0.4, -0.2) is 25.2 Å². The monoisotopic (exact) mass is 380 g/mol. The maximum atomic E-state index is 12.6. The molecule has 1 aromatic heterocycles. The fourth-order valence-corrected chi connectivity index (χ4v) is 4.59. The Morgan fingerprint density at radius 1 is 0.963 bits per heavy atom. The van der Waals surface area contributed by atoms with Crippen LogP contribution in [0.4, 0.5) is 17.3 Å². The Bertz CT molecular complexity index is 1070. The topological polar surface area (TPSA) is 75.2 Å². The van der Waals surface area contributed by atoms with Gasteiger partial charge in [0.05, 0.1) is 4.90 Å². The summed E-state index contributed by atoms with van der Waals surface area (Å²) in [5, 5.41) is 8.34. The zero-order valence-corrected chi connectivity index (χ0v) is 15.8. The number of fused-ring (bicyclic) bond motifs is 1. The normalized spacial score (nSPS) is 13.9. The van der Waals surface area contributed by atoms with E-state index in [0.717, 1.165) is 25.1 Å². The summed E-state index contributed by atoms with van der Waals surface area (Å²) < 4.78 is 27.7. The molecule has 2 heterocycles. The highest BCUT2D eigenvalue weighted by Gasteiger charge is 2.20. The lowest BCUT2D eigenvalue weighted by molar-refractivity contribution is 0.600. The van der Waals surface area contributed by atoms with Crippen molar-refractivity contribution >= 4 is 27.3 Å². The predicted molar refractivity (Wildman–Crippen MR) is 106 cm³/mol. The van der Waals surface area contributed by atoms with Crippen LogP contribution < -0.4 is 9.62 Å². The van der Waals surface area contributed by atoms with Crippen molar-refractivity contribution in [2.45, 2.75) is 24.7 Å². The van der Waals surface area contributed by atoms with Crippen molar-refractivity contribution in [1.82, 2.24) is 10.2 Å². The van der Waals surface area contributed by atoms with E-state index >= 15 is 0 Å². The molecule has 0 spiro atoms. The fraction of sp³-hybridized carbons (Fsp3) is 0.200. The number of aryl methyl sites for hydroxylation is 2. The summed E-state index contributed by atoms with van der Waals surface area (Å²) in [6, 6.07) is 18.5. The predicted octanol–water partition coefficient (Wildman–Crippen LogP) is 3.67. The molecule has 6 nitrogen and oxygen atoms in total. The van der Waals surface area contributed by atoms with Gasteiger partial charge < -0.3 is 4.90 Å². The number of benzene rings is 2. The Kier molecular flexibility index (Phi) is 4.53. The van der Waals surface area contributed by atoms with Gasteiger partial charge in [-0.15, -0.1) is 10.2 Å². The molecule has 3 aromatic rings. The van der Waals surface area contributed by atoms with Crippen LogP contribution in [0.15, 0.2) is 65.6 Å². The van der Waals surface area contributed by atoms with E-state index in [1.54, 1.807) is 43.3 Å². The molecule has 0 atom stereocenters. The summed E-state index contributed by atoms with van der Waals surface area (Å²) in [6.07, 6.45) is 2.09. The molecule has 0 amide bonds. The first-order valence-corrected chi connectivity index (χ1v) is 10.3. The van der Waals surface area contributed by atoms with Crippen molar-refractivity contribution in [3.05, 3.63) is 71.8 Å². The molecule has 1 N–H and O–H groups in total. The third kappa shape index (κ3) is 3.50. The van der Waals surface area contributed by atoms with Crippen molar-refractivity contribution in [2.24, 2.45) is 0 Å². The van der Waals surface area contributed by atoms with Gasteiger partial charge in [0.15, 0.2) is 11.6 Å². The molecule has 0 bridgehead atoms. The molecule has 0 radical (unpaired) electrons. The quantitative estimate of drug-likeness (QED) is 0.747. The van der Waals surface area contributed by atoms with Crippen LogP contribution >= 0.6 is 0 Å². The van der Waals surface area contributed by atoms with E-state index in [2.05, 4.69) is 32.0 Å². The zero-order valence-electron chi connectivity index (χ0n) is 15.0. The lowest BCUT2D eigenvalue weighted by Gasteiger charge is -2.29. The number of para-hydroxylation sites is 1. The first kappa shape index (κ1) is 17.5. The number of aromatic nitrogens is 2. The summed E-state index contributed by atoms with van der Waals surface area (Å²) in [7, 11) is -3.70. The fourth-order valence-electron chi connectivity index (χ4n) is 3.35. The molecule has 1 aliphatic heterocycles. The molecule has 27 heavy (non-hydrogen) atoms. The number of hydrogen-bond acceptors (Lipinski definition) is 5. The Hall–Kier alpha value is -2.93. The maximum Gasteiger partial charge on any atom is 0.263 e. The van der Waals surface area contributed by atoms with E-state index in [1.807, 2.05) is 12.1 Å². The average Bonchev–Trinajstić information content (AvgIpc) is 2.68. The van der Waals surface area contributed by atoms with E-state index in [0.29, 0.717) is 11.4 Å². The van der Waals surface area contributed by atoms with Gasteiger partial charge in [-0.05, 0) is 55.2 Å². The number of sulfonamides is 1. The molecular weight excluding hydrogens is 360 g/mol. The van der Waals surface area contributed by atoms with Gasteiger partial charge in [0.1, 0.15) is 0 Å². The van der Waals surface area contributed by atoms with Gasteiger partial charge >= 0.3 is 0 Å². The smallest absolute Gasteiger partial charge is 0.263 e. The largest absolute Gasteiger partial charge is 0.325 e. The Morgan fingerprint density at radius 3 is 2.52 bits per heavy atom. The van der Waals surface area contributed by atoms with Crippen molar-refractivity contribution in [3.8, 4) is 0 Å². The van der Waals surface area contributed by atoms with Gasteiger partial charge in [-0.3, -0.25) is 4.72 Å². The van der Waals surface area contributed by atoms with Crippen LogP contribution in [0.2, 0.25) is 0 Å². The maximum absolute atomic E-state index is 12.6. The Balaban J connectivity index is 1.58. The summed E-state index contributed by atoms with van der Waals surface area (Å²) in [6.45, 7) is 2.62. The Morgan fingerprint density at radius 2 is 1.74 bits per heavy atom. The molecule has 7 heteroatoms. The van der Waals surface area contributed by atoms with Gasteiger partial charge in [0, 0.05) is 12.2 Å². The second-order valence-electron chi connectivity index (χ2n) is 6.53. The summed E-state index contributed by atoms with van der Waals surface area (Å²) in [4.78, 5) is 2.35. The lowest BCUT2D eigenvalue weighted by Crippen LogP contribution is -2.25. The van der Waals surface area contributed by atoms with Crippen LogP contribution in [0.1, 0.15) is 17.5 Å². The molecule has 4 rings (SSSR count). The number of anilines is 3. The summed E-state index contributed by atoms with van der Waals surface area (Å²) in [5.41, 5.74) is 3.10. The molecule has 1 aliphatic rings. The van der Waals surface area contributed by atoms with Crippen LogP contribution in [0.3, 0.4) is 0 Å². The SMILES string of the molecule is Cc1ccccc1S(=O)(=O)Nc1ccc(N2CCCc3ccccc32)nn1. The third-order valence-corrected chi connectivity index (χ3v) is 6.17. The van der Waals surface area contributed by atoms with Crippen molar-refractivity contribution in [2.75, 3.05) is 16.2 Å². The second kappa shape index (κ2) is 7.00. The van der Waals surface area contributed by atoms with Gasteiger partial charge in [-0.1, -0.05) is 36.4 Å². The molecule has 0 saturated heterocycles. The van der Waals surface area contributed by atoms with E-state index < -0.39 is 10.0 Å². The van der Waals surface area contributed by atoms with Crippen molar-refractivity contribution in [3.63, 3.8) is 0 Å². The number of hydrogen-bond donors (Lipinski definition) is 1. The van der Waals surface area contributed by atoms with Crippen molar-refractivity contribution < 1.29 is 8.42 Å². The lowest BCUT2D eigenvalue weighted by atomic mass is 10.0. The molecule has 0 saturated carbocycles. The minimum Gasteiger partial charge on any atom is -0.325 e. The van der Waals surface area contributed by atoms with E-state index in [1.165, 1.54) is 5.56 Å². The van der Waals surface area contributed by atoms with Crippen LogP contribution in [0, 0.1) is 6.92 Å². The minimum absolute atomic E-state index is 0.201. The summed E-state index contributed by atoms with van der Waals surface area (Å²) in [5.74, 6) is 0.910. The van der Waals surface area contributed by atoms with Crippen molar-refractivity contribution in [1.29, 1.82) is 0 Å². The second-order valence-corrected chi connectivity index (χ2v) is 8.18. The molecule has 0 unspecified atom stereocenters. The minimum atomic E-state index is -3.70. The number of rotatable bonds is 4. The first-order valence-electron chi connectivity index (χ1n) is 8.82. The van der Waals surface area contributed by atoms with Crippen LogP contribution in [-0.2, 0) is 16.4 Å². The van der Waals surface area contributed by atoms with Gasteiger partial charge in [0.2, 0.25) is 0 Å². The zero-order chi connectivity index (χ0) is 18.9. The average molecular weight is 380 g/mol. The van der Waals surface area contributed by atoms with E-state index in [4.69, 9.17) is 0 Å². The van der Waals surface area contributed by atoms with Gasteiger partial charge in [0.25, 0.3) is 10.0 Å².